The molecule has 4 heteroatoms. The maximum absolute atomic E-state index is 9.37. The van der Waals surface area contributed by atoms with E-state index in [-0.39, 0.29) is 6.10 Å². The van der Waals surface area contributed by atoms with Gasteiger partial charge in [-0.25, -0.2) is 0 Å². The third kappa shape index (κ3) is 3.63. The number of benzene rings is 1. The first-order valence-electron chi connectivity index (χ1n) is 4.50. The Morgan fingerprint density at radius 3 is 2.93 bits per heavy atom. The predicted octanol–water partition coefficient (Wildman–Crippen LogP) is 3.13. The van der Waals surface area contributed by atoms with E-state index >= 15 is 0 Å². The third-order valence-corrected chi connectivity index (χ3v) is 2.93. The van der Waals surface area contributed by atoms with E-state index in [0.29, 0.717) is 11.6 Å². The lowest BCUT2D eigenvalue weighted by atomic mass is 10.2. The molecule has 2 N–H and O–H groups in total. The molecule has 0 amide bonds. The van der Waals surface area contributed by atoms with Crippen LogP contribution in [0.15, 0.2) is 18.2 Å². The van der Waals surface area contributed by atoms with Crippen LogP contribution < -0.4 is 5.32 Å². The highest BCUT2D eigenvalue weighted by Gasteiger charge is 2.03. The summed E-state index contributed by atoms with van der Waals surface area (Å²) < 4.78 is 1.13. The second-order valence-electron chi connectivity index (χ2n) is 3.07. The summed E-state index contributed by atoms with van der Waals surface area (Å²) >= 11 is 8.20. The average molecular weight is 326 g/mol. The van der Waals surface area contributed by atoms with E-state index in [1.807, 2.05) is 25.1 Å². The molecular weight excluding hydrogens is 312 g/mol. The van der Waals surface area contributed by atoms with E-state index in [2.05, 4.69) is 27.9 Å². The Kier molecular flexibility index (Phi) is 4.98. The SMILES string of the molecule is CC[C@@H](O)CNc1cc(I)ccc1Cl. The van der Waals surface area contributed by atoms with E-state index < -0.39 is 0 Å². The molecule has 0 heterocycles. The molecule has 1 aromatic rings. The molecule has 0 aliphatic carbocycles. The third-order valence-electron chi connectivity index (χ3n) is 1.93. The number of halogens is 2. The number of anilines is 1. The van der Waals surface area contributed by atoms with Gasteiger partial charge >= 0.3 is 0 Å². The van der Waals surface area contributed by atoms with E-state index in [9.17, 15) is 5.11 Å². The minimum Gasteiger partial charge on any atom is -0.391 e. The van der Waals surface area contributed by atoms with E-state index in [4.69, 9.17) is 11.6 Å². The van der Waals surface area contributed by atoms with Gasteiger partial charge in [-0.2, -0.15) is 0 Å². The minimum absolute atomic E-state index is 0.316. The molecule has 0 bridgehead atoms. The van der Waals surface area contributed by atoms with Crippen molar-refractivity contribution in [2.75, 3.05) is 11.9 Å². The molecule has 0 unspecified atom stereocenters. The maximum Gasteiger partial charge on any atom is 0.0709 e. The van der Waals surface area contributed by atoms with Crippen molar-refractivity contribution in [2.45, 2.75) is 19.4 Å². The normalized spacial score (nSPS) is 12.6. The summed E-state index contributed by atoms with van der Waals surface area (Å²) in [6.45, 7) is 2.49. The lowest BCUT2D eigenvalue weighted by Crippen LogP contribution is -2.18. The molecule has 0 aliphatic heterocycles. The van der Waals surface area contributed by atoms with Gasteiger partial charge in [0.2, 0.25) is 0 Å². The van der Waals surface area contributed by atoms with Crippen LogP contribution in [0.1, 0.15) is 13.3 Å². The molecule has 0 fully saturated rings. The maximum atomic E-state index is 9.37. The van der Waals surface area contributed by atoms with Crippen LogP contribution >= 0.6 is 34.2 Å². The Balaban J connectivity index is 2.62. The Morgan fingerprint density at radius 2 is 2.29 bits per heavy atom. The van der Waals surface area contributed by atoms with Crippen molar-refractivity contribution in [1.29, 1.82) is 0 Å². The van der Waals surface area contributed by atoms with Crippen LogP contribution in [0.4, 0.5) is 5.69 Å². The molecule has 0 spiro atoms. The molecule has 78 valence electrons. The first-order valence-corrected chi connectivity index (χ1v) is 5.96. The molecule has 14 heavy (non-hydrogen) atoms. The Morgan fingerprint density at radius 1 is 1.57 bits per heavy atom. The molecule has 0 saturated heterocycles. The number of nitrogens with one attached hydrogen (secondary N) is 1. The average Bonchev–Trinajstić information content (AvgIpc) is 2.19. The molecule has 0 radical (unpaired) electrons. The summed E-state index contributed by atoms with van der Waals surface area (Å²) in [5.74, 6) is 0. The van der Waals surface area contributed by atoms with E-state index in [0.717, 1.165) is 15.7 Å². The molecule has 2 nitrogen and oxygen atoms in total. The van der Waals surface area contributed by atoms with Gasteiger partial charge in [0, 0.05) is 10.1 Å². The standard InChI is InChI=1S/C10H13ClINO/c1-2-8(14)6-13-10-5-7(12)3-4-9(10)11/h3-5,8,13-14H,2,6H2,1H3/t8-/m1/s1. The van der Waals surface area contributed by atoms with Gasteiger partial charge in [0.1, 0.15) is 0 Å². The minimum atomic E-state index is -0.316. The molecule has 0 aliphatic rings. The van der Waals surface area contributed by atoms with Gasteiger partial charge in [0.05, 0.1) is 16.8 Å². The number of rotatable bonds is 4. The summed E-state index contributed by atoms with van der Waals surface area (Å²) in [6, 6.07) is 5.76. The van der Waals surface area contributed by atoms with Gasteiger partial charge in [0.25, 0.3) is 0 Å². The quantitative estimate of drug-likeness (QED) is 0.834. The Bertz CT molecular complexity index is 306. The summed E-state index contributed by atoms with van der Waals surface area (Å²) in [4.78, 5) is 0. The van der Waals surface area contributed by atoms with Crippen molar-refractivity contribution in [3.63, 3.8) is 0 Å². The molecule has 0 saturated carbocycles. The van der Waals surface area contributed by atoms with Crippen LogP contribution in [0.5, 0.6) is 0 Å². The second-order valence-corrected chi connectivity index (χ2v) is 4.72. The first-order chi connectivity index (χ1) is 6.63. The fraction of sp³-hybridized carbons (Fsp3) is 0.400. The predicted molar refractivity (Wildman–Crippen MR) is 69.0 cm³/mol. The smallest absolute Gasteiger partial charge is 0.0709 e. The van der Waals surface area contributed by atoms with Crippen LogP contribution in [0.3, 0.4) is 0 Å². The Hall–Kier alpha value is -0.0000000000000000555. The zero-order valence-corrected chi connectivity index (χ0v) is 10.8. The van der Waals surface area contributed by atoms with Crippen LogP contribution in [0, 0.1) is 3.57 Å². The Labute approximate surface area is 103 Å². The highest BCUT2D eigenvalue weighted by molar-refractivity contribution is 14.1. The fourth-order valence-corrected chi connectivity index (χ4v) is 1.68. The number of aliphatic hydroxyl groups excluding tert-OH is 1. The topological polar surface area (TPSA) is 32.3 Å². The first kappa shape index (κ1) is 12.1. The van der Waals surface area contributed by atoms with Gasteiger partial charge in [-0.05, 0) is 47.2 Å². The summed E-state index contributed by atoms with van der Waals surface area (Å²) in [5, 5.41) is 13.2. The molecule has 0 aromatic heterocycles. The highest BCUT2D eigenvalue weighted by Crippen LogP contribution is 2.23. The van der Waals surface area contributed by atoms with Crippen LogP contribution in [-0.2, 0) is 0 Å². The van der Waals surface area contributed by atoms with Crippen molar-refractivity contribution in [3.05, 3.63) is 26.8 Å². The lowest BCUT2D eigenvalue weighted by molar-refractivity contribution is 0.183. The second kappa shape index (κ2) is 5.78. The van der Waals surface area contributed by atoms with Gasteiger partial charge in [-0.15, -0.1) is 0 Å². The molecule has 1 atom stereocenters. The summed E-state index contributed by atoms with van der Waals surface area (Å²) in [5.41, 5.74) is 0.881. The molecule has 1 aromatic carbocycles. The van der Waals surface area contributed by atoms with Crippen molar-refractivity contribution >= 4 is 39.9 Å². The van der Waals surface area contributed by atoms with Crippen LogP contribution in [0.2, 0.25) is 5.02 Å². The van der Waals surface area contributed by atoms with Crippen molar-refractivity contribution in [2.24, 2.45) is 0 Å². The molecular formula is C10H13ClINO. The van der Waals surface area contributed by atoms with Gasteiger partial charge < -0.3 is 10.4 Å². The number of hydrogen-bond donors (Lipinski definition) is 2. The van der Waals surface area contributed by atoms with Crippen molar-refractivity contribution in [1.82, 2.24) is 0 Å². The van der Waals surface area contributed by atoms with E-state index in [1.54, 1.807) is 0 Å². The number of aliphatic hydroxyl groups is 1. The zero-order valence-electron chi connectivity index (χ0n) is 7.93. The summed E-state index contributed by atoms with van der Waals surface area (Å²) in [7, 11) is 0. The fourth-order valence-electron chi connectivity index (χ4n) is 1.01. The van der Waals surface area contributed by atoms with E-state index in [1.165, 1.54) is 0 Å². The van der Waals surface area contributed by atoms with Gasteiger partial charge in [0.15, 0.2) is 0 Å². The lowest BCUT2D eigenvalue weighted by Gasteiger charge is -2.12. The van der Waals surface area contributed by atoms with Crippen LogP contribution in [0.25, 0.3) is 0 Å². The molecule has 1 rings (SSSR count). The van der Waals surface area contributed by atoms with Crippen molar-refractivity contribution in [3.8, 4) is 0 Å². The monoisotopic (exact) mass is 325 g/mol. The van der Waals surface area contributed by atoms with Gasteiger partial charge in [-0.3, -0.25) is 0 Å². The zero-order chi connectivity index (χ0) is 10.6. The summed E-state index contributed by atoms with van der Waals surface area (Å²) in [6.07, 6.45) is 0.429. The van der Waals surface area contributed by atoms with Crippen LogP contribution in [-0.4, -0.2) is 17.8 Å². The van der Waals surface area contributed by atoms with Crippen molar-refractivity contribution < 1.29 is 5.11 Å². The number of hydrogen-bond acceptors (Lipinski definition) is 2. The largest absolute Gasteiger partial charge is 0.391 e. The van der Waals surface area contributed by atoms with Gasteiger partial charge in [-0.1, -0.05) is 18.5 Å². The highest BCUT2D eigenvalue weighted by atomic mass is 127.